The minimum atomic E-state index is -0.183. The predicted octanol–water partition coefficient (Wildman–Crippen LogP) is -0.396. The van der Waals surface area contributed by atoms with Crippen LogP contribution in [-0.2, 0) is 14.3 Å². The van der Waals surface area contributed by atoms with Gasteiger partial charge in [-0.15, -0.1) is 0 Å². The highest BCUT2D eigenvalue weighted by atomic mass is 16.5. The summed E-state index contributed by atoms with van der Waals surface area (Å²) in [5.74, 6) is -0.0270. The van der Waals surface area contributed by atoms with Crippen molar-refractivity contribution in [2.24, 2.45) is 17.8 Å². The Morgan fingerprint density at radius 3 is 2.78 bits per heavy atom. The molecule has 0 aromatic rings. The van der Waals surface area contributed by atoms with E-state index in [-0.39, 0.29) is 23.7 Å². The molecule has 3 atom stereocenters. The zero-order valence-electron chi connectivity index (χ0n) is 4.74. The van der Waals surface area contributed by atoms with E-state index in [0.717, 1.165) is 6.29 Å². The zero-order chi connectivity index (χ0) is 6.43. The van der Waals surface area contributed by atoms with Gasteiger partial charge in [0.2, 0.25) is 0 Å². The first-order valence-corrected chi connectivity index (χ1v) is 2.96. The van der Waals surface area contributed by atoms with Gasteiger partial charge in [-0.1, -0.05) is 0 Å². The first kappa shape index (κ1) is 4.97. The second-order valence-electron chi connectivity index (χ2n) is 2.53. The number of esters is 1. The molecule has 0 radical (unpaired) electrons. The van der Waals surface area contributed by atoms with Crippen LogP contribution in [0, 0.1) is 17.8 Å². The summed E-state index contributed by atoms with van der Waals surface area (Å²) in [5, 5.41) is 0. The van der Waals surface area contributed by atoms with Crippen LogP contribution in [-0.4, -0.2) is 18.9 Å². The Morgan fingerprint density at radius 2 is 2.44 bits per heavy atom. The minimum absolute atomic E-state index is 0.00810. The van der Waals surface area contributed by atoms with Crippen molar-refractivity contribution in [3.05, 3.63) is 0 Å². The van der Waals surface area contributed by atoms with Crippen LogP contribution in [0.25, 0.3) is 0 Å². The van der Waals surface area contributed by atoms with E-state index in [4.69, 9.17) is 0 Å². The van der Waals surface area contributed by atoms with Crippen LogP contribution in [0.4, 0.5) is 0 Å². The highest BCUT2D eigenvalue weighted by Gasteiger charge is 2.60. The van der Waals surface area contributed by atoms with Gasteiger partial charge in [-0.25, -0.2) is 0 Å². The highest BCUT2D eigenvalue weighted by molar-refractivity contribution is 5.85. The molecule has 0 aromatic heterocycles. The monoisotopic (exact) mass is 126 g/mol. The lowest BCUT2D eigenvalue weighted by Crippen LogP contribution is -2.05. The van der Waals surface area contributed by atoms with Crippen molar-refractivity contribution in [3.8, 4) is 0 Å². The normalized spacial score (nSPS) is 45.8. The number of carbonyl (C=O) groups is 2. The summed E-state index contributed by atoms with van der Waals surface area (Å²) in [5.41, 5.74) is 0. The van der Waals surface area contributed by atoms with E-state index < -0.39 is 0 Å². The fraction of sp³-hybridized carbons (Fsp3) is 0.667. The van der Waals surface area contributed by atoms with Crippen molar-refractivity contribution in [1.29, 1.82) is 0 Å². The summed E-state index contributed by atoms with van der Waals surface area (Å²) in [6.07, 6.45) is 0.857. The summed E-state index contributed by atoms with van der Waals surface area (Å²) >= 11 is 0. The maximum atomic E-state index is 10.6. The van der Waals surface area contributed by atoms with E-state index in [1.165, 1.54) is 0 Å². The Labute approximate surface area is 52.0 Å². The summed E-state index contributed by atoms with van der Waals surface area (Å²) < 4.78 is 4.65. The molecule has 9 heavy (non-hydrogen) atoms. The van der Waals surface area contributed by atoms with Crippen molar-refractivity contribution in [1.82, 2.24) is 0 Å². The van der Waals surface area contributed by atoms with Gasteiger partial charge in [0.15, 0.2) is 0 Å². The average Bonchev–Trinajstić information content (AvgIpc) is 2.46. The lowest BCUT2D eigenvalue weighted by molar-refractivity contribution is -0.142. The third kappa shape index (κ3) is 0.465. The molecule has 0 amide bonds. The standard InChI is InChI=1S/C6H6O3/c7-1-3-4-2-9-6(8)5(3)4/h1,3-5H,2H2. The number of aldehydes is 1. The SMILES string of the molecule is O=CC1C2COC(=O)C12. The van der Waals surface area contributed by atoms with Crippen molar-refractivity contribution in [2.75, 3.05) is 6.61 Å². The van der Waals surface area contributed by atoms with Crippen molar-refractivity contribution >= 4 is 12.3 Å². The molecular formula is C6H6O3. The van der Waals surface area contributed by atoms with Crippen LogP contribution in [0.3, 0.4) is 0 Å². The van der Waals surface area contributed by atoms with E-state index in [1.54, 1.807) is 0 Å². The second-order valence-corrected chi connectivity index (χ2v) is 2.53. The highest BCUT2D eigenvalue weighted by Crippen LogP contribution is 2.49. The van der Waals surface area contributed by atoms with Crippen molar-refractivity contribution in [3.63, 3.8) is 0 Å². The molecule has 1 aliphatic carbocycles. The van der Waals surface area contributed by atoms with Gasteiger partial charge in [0.25, 0.3) is 0 Å². The van der Waals surface area contributed by atoms with Gasteiger partial charge in [0, 0.05) is 11.8 Å². The number of rotatable bonds is 1. The number of carbonyl (C=O) groups excluding carboxylic acids is 2. The molecule has 1 heterocycles. The first-order chi connectivity index (χ1) is 4.34. The molecule has 0 spiro atoms. The molecular weight excluding hydrogens is 120 g/mol. The molecule has 0 N–H and O–H groups in total. The Bertz CT molecular complexity index is 175. The smallest absolute Gasteiger partial charge is 0.310 e. The van der Waals surface area contributed by atoms with E-state index in [1.807, 2.05) is 0 Å². The zero-order valence-corrected chi connectivity index (χ0v) is 4.74. The van der Waals surface area contributed by atoms with Gasteiger partial charge in [0.05, 0.1) is 12.5 Å². The topological polar surface area (TPSA) is 43.4 Å². The summed E-state index contributed by atoms with van der Waals surface area (Å²) in [7, 11) is 0. The average molecular weight is 126 g/mol. The molecule has 3 unspecified atom stereocenters. The molecule has 2 fully saturated rings. The molecule has 2 aliphatic rings. The molecule has 1 aliphatic heterocycles. The molecule has 2 rings (SSSR count). The quantitative estimate of drug-likeness (QED) is 0.355. The third-order valence-corrected chi connectivity index (χ3v) is 2.08. The van der Waals surface area contributed by atoms with Crippen molar-refractivity contribution < 1.29 is 14.3 Å². The lowest BCUT2D eigenvalue weighted by atomic mass is 10.3. The fourth-order valence-electron chi connectivity index (χ4n) is 1.41. The van der Waals surface area contributed by atoms with Crippen LogP contribution < -0.4 is 0 Å². The Morgan fingerprint density at radius 1 is 1.67 bits per heavy atom. The molecule has 3 nitrogen and oxygen atoms in total. The molecule has 0 aromatic carbocycles. The Hall–Kier alpha value is -0.860. The number of ether oxygens (including phenoxy) is 1. The predicted molar refractivity (Wildman–Crippen MR) is 27.5 cm³/mol. The van der Waals surface area contributed by atoms with E-state index in [2.05, 4.69) is 4.74 Å². The van der Waals surface area contributed by atoms with Gasteiger partial charge in [-0.3, -0.25) is 4.79 Å². The Balaban J connectivity index is 2.14. The molecule has 0 bridgehead atoms. The van der Waals surface area contributed by atoms with Crippen LogP contribution in [0.2, 0.25) is 0 Å². The van der Waals surface area contributed by atoms with E-state index in [0.29, 0.717) is 6.61 Å². The van der Waals surface area contributed by atoms with E-state index >= 15 is 0 Å². The van der Waals surface area contributed by atoms with E-state index in [9.17, 15) is 9.59 Å². The van der Waals surface area contributed by atoms with Gasteiger partial charge in [-0.2, -0.15) is 0 Å². The molecule has 48 valence electrons. The number of hydrogen-bond donors (Lipinski definition) is 0. The van der Waals surface area contributed by atoms with Crippen LogP contribution in [0.15, 0.2) is 0 Å². The first-order valence-electron chi connectivity index (χ1n) is 2.96. The third-order valence-electron chi connectivity index (χ3n) is 2.08. The Kier molecular flexibility index (Phi) is 0.743. The summed E-state index contributed by atoms with van der Waals surface area (Å²) in [4.78, 5) is 20.7. The van der Waals surface area contributed by atoms with Gasteiger partial charge in [-0.05, 0) is 0 Å². The van der Waals surface area contributed by atoms with Gasteiger partial charge < -0.3 is 9.53 Å². The van der Waals surface area contributed by atoms with Gasteiger partial charge >= 0.3 is 5.97 Å². The number of cyclic esters (lactones) is 1. The largest absolute Gasteiger partial charge is 0.465 e. The maximum absolute atomic E-state index is 10.6. The summed E-state index contributed by atoms with van der Waals surface area (Å²) in [6.45, 7) is 0.465. The van der Waals surface area contributed by atoms with Crippen LogP contribution in [0.1, 0.15) is 0 Å². The molecule has 1 saturated heterocycles. The second kappa shape index (κ2) is 1.35. The molecule has 1 saturated carbocycles. The minimum Gasteiger partial charge on any atom is -0.465 e. The number of hydrogen-bond acceptors (Lipinski definition) is 3. The fourth-order valence-corrected chi connectivity index (χ4v) is 1.41. The van der Waals surface area contributed by atoms with Crippen LogP contribution >= 0.6 is 0 Å². The van der Waals surface area contributed by atoms with Crippen molar-refractivity contribution in [2.45, 2.75) is 0 Å². The number of fused-ring (bicyclic) bond motifs is 1. The van der Waals surface area contributed by atoms with Gasteiger partial charge in [0.1, 0.15) is 6.29 Å². The van der Waals surface area contributed by atoms with Crippen LogP contribution in [0.5, 0.6) is 0 Å². The lowest BCUT2D eigenvalue weighted by Gasteiger charge is -1.94. The maximum Gasteiger partial charge on any atom is 0.310 e. The summed E-state index contributed by atoms with van der Waals surface area (Å²) in [6, 6.07) is 0. The molecule has 3 heteroatoms.